The summed E-state index contributed by atoms with van der Waals surface area (Å²) in [5.41, 5.74) is 2.54. The Morgan fingerprint density at radius 2 is 2.05 bits per heavy atom. The molecule has 0 radical (unpaired) electrons. The molecule has 19 heavy (non-hydrogen) atoms. The van der Waals surface area contributed by atoms with Crippen molar-refractivity contribution in [3.8, 4) is 0 Å². The summed E-state index contributed by atoms with van der Waals surface area (Å²) in [7, 11) is 0. The maximum Gasteiger partial charge on any atom is 0.0349 e. The van der Waals surface area contributed by atoms with Gasteiger partial charge in [0.15, 0.2) is 0 Å². The maximum atomic E-state index is 4.33. The van der Waals surface area contributed by atoms with Gasteiger partial charge in [-0.2, -0.15) is 0 Å². The third-order valence-corrected chi connectivity index (χ3v) is 3.24. The van der Waals surface area contributed by atoms with Gasteiger partial charge in [-0.1, -0.05) is 44.2 Å². The summed E-state index contributed by atoms with van der Waals surface area (Å²) in [5, 5.41) is 5.91. The number of hydrogen-bond donors (Lipinski definition) is 1. The van der Waals surface area contributed by atoms with Crippen LogP contribution in [0.4, 0.5) is 0 Å². The average molecular weight is 254 g/mol. The van der Waals surface area contributed by atoms with Crippen LogP contribution in [0.15, 0.2) is 42.7 Å². The van der Waals surface area contributed by atoms with Crippen LogP contribution in [0.5, 0.6) is 0 Å². The van der Waals surface area contributed by atoms with Gasteiger partial charge in [0.1, 0.15) is 0 Å². The molecular weight excluding hydrogens is 232 g/mol. The Bertz CT molecular complexity index is 565. The van der Waals surface area contributed by atoms with Crippen molar-refractivity contribution in [2.45, 2.75) is 33.2 Å². The van der Waals surface area contributed by atoms with Gasteiger partial charge in [-0.3, -0.25) is 4.98 Å². The Kier molecular flexibility index (Phi) is 4.69. The van der Waals surface area contributed by atoms with Crippen LogP contribution in [0.25, 0.3) is 16.3 Å². The van der Waals surface area contributed by atoms with E-state index in [-0.39, 0.29) is 0 Å². The third kappa shape index (κ3) is 3.65. The van der Waals surface area contributed by atoms with E-state index in [1.54, 1.807) is 0 Å². The number of benzene rings is 1. The molecule has 2 rings (SSSR count). The van der Waals surface area contributed by atoms with Gasteiger partial charge in [0, 0.05) is 29.4 Å². The number of allylic oxidation sites excluding steroid dienone is 1. The molecule has 0 aliphatic rings. The minimum absolute atomic E-state index is 0.549. The van der Waals surface area contributed by atoms with Crippen LogP contribution in [-0.4, -0.2) is 17.6 Å². The van der Waals surface area contributed by atoms with Gasteiger partial charge in [0.2, 0.25) is 0 Å². The quantitative estimate of drug-likeness (QED) is 0.815. The molecule has 0 saturated heterocycles. The Labute approximate surface area is 115 Å². The van der Waals surface area contributed by atoms with E-state index in [1.165, 1.54) is 21.9 Å². The van der Waals surface area contributed by atoms with E-state index >= 15 is 0 Å². The molecule has 2 heteroatoms. The highest BCUT2D eigenvalue weighted by Gasteiger charge is 2.02. The van der Waals surface area contributed by atoms with Crippen molar-refractivity contribution in [1.29, 1.82) is 0 Å². The highest BCUT2D eigenvalue weighted by atomic mass is 14.9. The number of pyridine rings is 1. The molecule has 0 atom stereocenters. The number of hydrogen-bond acceptors (Lipinski definition) is 2. The predicted molar refractivity (Wildman–Crippen MR) is 83.1 cm³/mol. The number of fused-ring (bicyclic) bond motifs is 1. The molecule has 100 valence electrons. The molecule has 2 aromatic rings. The van der Waals surface area contributed by atoms with Crippen molar-refractivity contribution in [3.63, 3.8) is 0 Å². The highest BCUT2D eigenvalue weighted by Crippen LogP contribution is 2.23. The van der Waals surface area contributed by atoms with Crippen molar-refractivity contribution in [3.05, 3.63) is 48.3 Å². The first-order chi connectivity index (χ1) is 9.18. The summed E-state index contributed by atoms with van der Waals surface area (Å²) < 4.78 is 0. The Morgan fingerprint density at radius 1 is 1.26 bits per heavy atom. The van der Waals surface area contributed by atoms with Crippen LogP contribution in [0, 0.1) is 0 Å². The first-order valence-corrected chi connectivity index (χ1v) is 6.91. The van der Waals surface area contributed by atoms with E-state index in [0.717, 1.165) is 13.0 Å². The Hall–Kier alpha value is -1.67. The van der Waals surface area contributed by atoms with Crippen LogP contribution in [0.1, 0.15) is 32.8 Å². The molecule has 1 aromatic carbocycles. The fraction of sp³-hybridized carbons (Fsp3) is 0.353. The summed E-state index contributed by atoms with van der Waals surface area (Å²) in [4.78, 5) is 4.33. The van der Waals surface area contributed by atoms with Crippen LogP contribution >= 0.6 is 0 Å². The minimum atomic E-state index is 0.549. The van der Waals surface area contributed by atoms with Crippen LogP contribution < -0.4 is 5.32 Å². The van der Waals surface area contributed by atoms with E-state index in [9.17, 15) is 0 Å². The molecule has 0 spiro atoms. The lowest BCUT2D eigenvalue weighted by Crippen LogP contribution is -2.23. The second kappa shape index (κ2) is 6.48. The van der Waals surface area contributed by atoms with Crippen molar-refractivity contribution in [2.75, 3.05) is 6.54 Å². The van der Waals surface area contributed by atoms with Gasteiger partial charge in [-0.05, 0) is 30.8 Å². The lowest BCUT2D eigenvalue weighted by molar-refractivity contribution is 0.595. The summed E-state index contributed by atoms with van der Waals surface area (Å²) in [6, 6.07) is 8.96. The molecule has 0 bridgehead atoms. The van der Waals surface area contributed by atoms with Gasteiger partial charge in [-0.25, -0.2) is 0 Å². The molecule has 0 aliphatic heterocycles. The molecule has 1 aromatic heterocycles. The SMILES string of the molecule is CC(=CCCNC(C)C)c1cncc2ccccc12. The summed E-state index contributed by atoms with van der Waals surface area (Å²) in [6.45, 7) is 7.53. The van der Waals surface area contributed by atoms with Crippen molar-refractivity contribution < 1.29 is 0 Å². The average Bonchev–Trinajstić information content (AvgIpc) is 2.42. The zero-order chi connectivity index (χ0) is 13.7. The van der Waals surface area contributed by atoms with E-state index in [0.29, 0.717) is 6.04 Å². The zero-order valence-electron chi connectivity index (χ0n) is 12.0. The van der Waals surface area contributed by atoms with Crippen molar-refractivity contribution >= 4 is 16.3 Å². The monoisotopic (exact) mass is 254 g/mol. The normalized spacial score (nSPS) is 12.3. The zero-order valence-corrected chi connectivity index (χ0v) is 12.0. The lowest BCUT2D eigenvalue weighted by atomic mass is 10.0. The van der Waals surface area contributed by atoms with E-state index in [1.807, 2.05) is 12.4 Å². The molecule has 0 fully saturated rings. The summed E-state index contributed by atoms with van der Waals surface area (Å²) >= 11 is 0. The molecule has 1 N–H and O–H groups in total. The number of nitrogens with zero attached hydrogens (tertiary/aromatic N) is 1. The second-order valence-corrected chi connectivity index (χ2v) is 5.19. The summed E-state index contributed by atoms with van der Waals surface area (Å²) in [6.07, 6.45) is 7.22. The first kappa shape index (κ1) is 13.8. The van der Waals surface area contributed by atoms with Crippen molar-refractivity contribution in [1.82, 2.24) is 10.3 Å². The second-order valence-electron chi connectivity index (χ2n) is 5.19. The fourth-order valence-electron chi connectivity index (χ4n) is 2.20. The maximum absolute atomic E-state index is 4.33. The first-order valence-electron chi connectivity index (χ1n) is 6.91. The standard InChI is InChI=1S/C17H22N2/c1-13(2)19-10-6-7-14(3)17-12-18-11-15-8-4-5-9-16(15)17/h4-5,7-9,11-13,19H,6,10H2,1-3H3. The van der Waals surface area contributed by atoms with E-state index in [4.69, 9.17) is 0 Å². The Balaban J connectivity index is 2.17. The van der Waals surface area contributed by atoms with Gasteiger partial charge >= 0.3 is 0 Å². The van der Waals surface area contributed by atoms with Crippen LogP contribution in [-0.2, 0) is 0 Å². The molecular formula is C17H22N2. The van der Waals surface area contributed by atoms with Crippen LogP contribution in [0.3, 0.4) is 0 Å². The van der Waals surface area contributed by atoms with Gasteiger partial charge in [-0.15, -0.1) is 0 Å². The fourth-order valence-corrected chi connectivity index (χ4v) is 2.20. The number of rotatable bonds is 5. The molecule has 0 saturated carbocycles. The van der Waals surface area contributed by atoms with Crippen molar-refractivity contribution in [2.24, 2.45) is 0 Å². The van der Waals surface area contributed by atoms with E-state index < -0.39 is 0 Å². The smallest absolute Gasteiger partial charge is 0.0349 e. The van der Waals surface area contributed by atoms with Gasteiger partial charge in [0.05, 0.1) is 0 Å². The van der Waals surface area contributed by atoms with E-state index in [2.05, 4.69) is 61.4 Å². The Morgan fingerprint density at radius 3 is 2.84 bits per heavy atom. The molecule has 0 unspecified atom stereocenters. The molecule has 1 heterocycles. The number of aromatic nitrogens is 1. The van der Waals surface area contributed by atoms with Gasteiger partial charge < -0.3 is 5.32 Å². The number of nitrogens with one attached hydrogen (secondary N) is 1. The molecule has 0 aliphatic carbocycles. The lowest BCUT2D eigenvalue weighted by Gasteiger charge is -2.08. The molecule has 0 amide bonds. The minimum Gasteiger partial charge on any atom is -0.314 e. The van der Waals surface area contributed by atoms with Gasteiger partial charge in [0.25, 0.3) is 0 Å². The van der Waals surface area contributed by atoms with Crippen LogP contribution in [0.2, 0.25) is 0 Å². The topological polar surface area (TPSA) is 24.9 Å². The largest absolute Gasteiger partial charge is 0.314 e. The third-order valence-electron chi connectivity index (χ3n) is 3.24. The highest BCUT2D eigenvalue weighted by molar-refractivity contribution is 5.92. The summed E-state index contributed by atoms with van der Waals surface area (Å²) in [5.74, 6) is 0. The predicted octanol–water partition coefficient (Wildman–Crippen LogP) is 4.03. The molecule has 2 nitrogen and oxygen atoms in total.